The summed E-state index contributed by atoms with van der Waals surface area (Å²) in [4.78, 5) is 1.78. The van der Waals surface area contributed by atoms with Crippen molar-refractivity contribution >= 4 is 5.69 Å². The van der Waals surface area contributed by atoms with Crippen LogP contribution < -0.4 is 10.6 Å². The molecule has 0 aliphatic carbocycles. The van der Waals surface area contributed by atoms with Gasteiger partial charge in [0.25, 0.3) is 0 Å². The van der Waals surface area contributed by atoms with Crippen molar-refractivity contribution in [1.29, 1.82) is 0 Å². The fourth-order valence-electron chi connectivity index (χ4n) is 2.10. The Kier molecular flexibility index (Phi) is 3.28. The third-order valence-corrected chi connectivity index (χ3v) is 3.19. The third kappa shape index (κ3) is 2.72. The number of nitrogens with zero attached hydrogens (tertiary/aromatic N) is 1. The Balaban J connectivity index is 2.05. The first-order valence-corrected chi connectivity index (χ1v) is 5.61. The zero-order valence-corrected chi connectivity index (χ0v) is 9.37. The molecule has 2 nitrogen and oxygen atoms in total. The lowest BCUT2D eigenvalue weighted by Gasteiger charge is -2.20. The molecule has 2 rings (SSSR count). The summed E-state index contributed by atoms with van der Waals surface area (Å²) in [5, 5.41) is 0. The molecule has 1 aromatic rings. The Morgan fingerprint density at radius 2 is 1.88 bits per heavy atom. The van der Waals surface area contributed by atoms with E-state index in [0.29, 0.717) is 13.1 Å². The van der Waals surface area contributed by atoms with Crippen LogP contribution in [0.5, 0.6) is 0 Å². The minimum atomic E-state index is -4.08. The lowest BCUT2D eigenvalue weighted by molar-refractivity contribution is -0.168. The minimum absolute atomic E-state index is 0.0610. The van der Waals surface area contributed by atoms with Gasteiger partial charge in [-0.3, -0.25) is 0 Å². The maximum atomic E-state index is 12.5. The van der Waals surface area contributed by atoms with Crippen LogP contribution >= 0.6 is 0 Å². The number of hydrogen-bond acceptors (Lipinski definition) is 2. The van der Waals surface area contributed by atoms with Gasteiger partial charge in [-0.05, 0) is 24.1 Å². The Morgan fingerprint density at radius 1 is 1.24 bits per heavy atom. The molecule has 94 valence electrons. The number of alkyl halides is 3. The normalized spacial score (nSPS) is 20.9. The Bertz CT molecular complexity index is 372. The van der Waals surface area contributed by atoms with Crippen molar-refractivity contribution in [1.82, 2.24) is 0 Å². The first-order chi connectivity index (χ1) is 8.00. The molecule has 5 heteroatoms. The number of nitrogens with two attached hydrogens (primary N) is 1. The van der Waals surface area contributed by atoms with Gasteiger partial charge in [0.1, 0.15) is 0 Å². The molecule has 0 spiro atoms. The number of hydrogen-bond donors (Lipinski definition) is 1. The molecule has 1 aromatic carbocycles. The van der Waals surface area contributed by atoms with Crippen LogP contribution in [0.1, 0.15) is 12.0 Å². The van der Waals surface area contributed by atoms with Gasteiger partial charge in [0.2, 0.25) is 0 Å². The van der Waals surface area contributed by atoms with Gasteiger partial charge in [-0.25, -0.2) is 0 Å². The number of benzene rings is 1. The molecular weight excluding hydrogens is 229 g/mol. The molecule has 1 fully saturated rings. The van der Waals surface area contributed by atoms with E-state index >= 15 is 0 Å². The van der Waals surface area contributed by atoms with Crippen molar-refractivity contribution in [3.8, 4) is 0 Å². The van der Waals surface area contributed by atoms with Crippen molar-refractivity contribution < 1.29 is 13.2 Å². The van der Waals surface area contributed by atoms with Crippen molar-refractivity contribution in [2.45, 2.75) is 19.1 Å². The average molecular weight is 244 g/mol. The molecule has 0 bridgehead atoms. The quantitative estimate of drug-likeness (QED) is 0.866. The van der Waals surface area contributed by atoms with Crippen LogP contribution in [-0.2, 0) is 6.54 Å². The van der Waals surface area contributed by atoms with Crippen LogP contribution in [0, 0.1) is 5.92 Å². The van der Waals surface area contributed by atoms with Crippen molar-refractivity contribution in [3.05, 3.63) is 29.8 Å². The van der Waals surface area contributed by atoms with E-state index in [1.807, 2.05) is 24.3 Å². The van der Waals surface area contributed by atoms with E-state index in [4.69, 9.17) is 5.73 Å². The van der Waals surface area contributed by atoms with E-state index in [9.17, 15) is 13.2 Å². The van der Waals surface area contributed by atoms with E-state index in [1.54, 1.807) is 4.90 Å². The second-order valence-electron chi connectivity index (χ2n) is 4.34. The van der Waals surface area contributed by atoms with Crippen LogP contribution in [-0.4, -0.2) is 19.3 Å². The molecule has 0 saturated carbocycles. The van der Waals surface area contributed by atoms with Crippen LogP contribution in [0.4, 0.5) is 18.9 Å². The Morgan fingerprint density at radius 3 is 2.35 bits per heavy atom. The van der Waals surface area contributed by atoms with Gasteiger partial charge in [-0.2, -0.15) is 13.2 Å². The van der Waals surface area contributed by atoms with Gasteiger partial charge in [0.15, 0.2) is 0 Å². The standard InChI is InChI=1S/C12H15F3N2/c13-12(14,15)10-5-6-17(8-10)11-3-1-9(7-16)2-4-11/h1-4,10H,5-8,16H2. The first-order valence-electron chi connectivity index (χ1n) is 5.61. The van der Waals surface area contributed by atoms with Gasteiger partial charge in [0, 0.05) is 25.3 Å². The minimum Gasteiger partial charge on any atom is -0.371 e. The first kappa shape index (κ1) is 12.2. The predicted molar refractivity (Wildman–Crippen MR) is 60.7 cm³/mol. The zero-order chi connectivity index (χ0) is 12.5. The Labute approximate surface area is 98.2 Å². The lowest BCUT2D eigenvalue weighted by Crippen LogP contribution is -2.27. The smallest absolute Gasteiger partial charge is 0.371 e. The summed E-state index contributed by atoms with van der Waals surface area (Å²) in [6.45, 7) is 0.975. The highest BCUT2D eigenvalue weighted by Gasteiger charge is 2.43. The topological polar surface area (TPSA) is 29.3 Å². The van der Waals surface area contributed by atoms with Crippen molar-refractivity contribution in [2.75, 3.05) is 18.0 Å². The predicted octanol–water partition coefficient (Wildman–Crippen LogP) is 2.53. The van der Waals surface area contributed by atoms with E-state index in [-0.39, 0.29) is 13.0 Å². The SMILES string of the molecule is NCc1ccc(N2CCC(C(F)(F)F)C2)cc1. The summed E-state index contributed by atoms with van der Waals surface area (Å²) in [5.41, 5.74) is 7.30. The number of halogens is 3. The van der Waals surface area contributed by atoms with Crippen LogP contribution in [0.15, 0.2) is 24.3 Å². The second kappa shape index (κ2) is 4.56. The largest absolute Gasteiger partial charge is 0.393 e. The molecule has 1 aliphatic rings. The van der Waals surface area contributed by atoms with Gasteiger partial charge in [-0.15, -0.1) is 0 Å². The highest BCUT2D eigenvalue weighted by molar-refractivity contribution is 5.48. The van der Waals surface area contributed by atoms with E-state index in [2.05, 4.69) is 0 Å². The highest BCUT2D eigenvalue weighted by Crippen LogP contribution is 2.35. The van der Waals surface area contributed by atoms with Crippen LogP contribution in [0.25, 0.3) is 0 Å². The zero-order valence-electron chi connectivity index (χ0n) is 9.37. The molecule has 0 radical (unpaired) electrons. The van der Waals surface area contributed by atoms with Crippen LogP contribution in [0.2, 0.25) is 0 Å². The maximum absolute atomic E-state index is 12.5. The summed E-state index contributed by atoms with van der Waals surface area (Å²) in [5.74, 6) is -1.20. The molecule has 1 aliphatic heterocycles. The maximum Gasteiger partial charge on any atom is 0.393 e. The summed E-state index contributed by atoms with van der Waals surface area (Å²) in [6.07, 6.45) is -3.89. The van der Waals surface area contributed by atoms with Gasteiger partial charge < -0.3 is 10.6 Å². The van der Waals surface area contributed by atoms with Gasteiger partial charge in [0.05, 0.1) is 5.92 Å². The fraction of sp³-hybridized carbons (Fsp3) is 0.500. The molecule has 0 amide bonds. The summed E-state index contributed by atoms with van der Waals surface area (Å²) >= 11 is 0. The summed E-state index contributed by atoms with van der Waals surface area (Å²) < 4.78 is 37.6. The molecule has 1 atom stereocenters. The molecular formula is C12H15F3N2. The summed E-state index contributed by atoms with van der Waals surface area (Å²) in [7, 11) is 0. The van der Waals surface area contributed by atoms with E-state index < -0.39 is 12.1 Å². The van der Waals surface area contributed by atoms with E-state index in [1.165, 1.54) is 0 Å². The molecule has 1 unspecified atom stereocenters. The lowest BCUT2D eigenvalue weighted by atomic mass is 10.1. The number of rotatable bonds is 2. The third-order valence-electron chi connectivity index (χ3n) is 3.19. The molecule has 17 heavy (non-hydrogen) atoms. The monoisotopic (exact) mass is 244 g/mol. The molecule has 0 aromatic heterocycles. The average Bonchev–Trinajstić information content (AvgIpc) is 2.78. The van der Waals surface area contributed by atoms with Gasteiger partial charge in [-0.1, -0.05) is 12.1 Å². The Hall–Kier alpha value is -1.23. The van der Waals surface area contributed by atoms with Crippen molar-refractivity contribution in [2.24, 2.45) is 11.7 Å². The fourth-order valence-corrected chi connectivity index (χ4v) is 2.10. The second-order valence-corrected chi connectivity index (χ2v) is 4.34. The molecule has 1 heterocycles. The summed E-state index contributed by atoms with van der Waals surface area (Å²) in [6, 6.07) is 7.38. The van der Waals surface area contributed by atoms with Gasteiger partial charge >= 0.3 is 6.18 Å². The molecule has 2 N–H and O–H groups in total. The van der Waals surface area contributed by atoms with Crippen LogP contribution in [0.3, 0.4) is 0 Å². The van der Waals surface area contributed by atoms with E-state index in [0.717, 1.165) is 11.3 Å². The van der Waals surface area contributed by atoms with Crippen molar-refractivity contribution in [3.63, 3.8) is 0 Å². The highest BCUT2D eigenvalue weighted by atomic mass is 19.4. The number of anilines is 1. The molecule has 1 saturated heterocycles.